The van der Waals surface area contributed by atoms with Crippen LogP contribution in [0.2, 0.25) is 0 Å². The van der Waals surface area contributed by atoms with Gasteiger partial charge in [-0.2, -0.15) is 0 Å². The Bertz CT molecular complexity index is 1130. The first kappa shape index (κ1) is 27.5. The number of esters is 1. The predicted molar refractivity (Wildman–Crippen MR) is 146 cm³/mol. The summed E-state index contributed by atoms with van der Waals surface area (Å²) in [6.07, 6.45) is 14.9. The second-order valence-corrected chi connectivity index (χ2v) is 9.42. The Labute approximate surface area is 214 Å². The van der Waals surface area contributed by atoms with Crippen molar-refractivity contribution in [3.63, 3.8) is 0 Å². The summed E-state index contributed by atoms with van der Waals surface area (Å²) < 4.78 is 17.0. The third-order valence-electron chi connectivity index (χ3n) is 6.39. The number of unbranched alkanes of at least 4 members (excludes halogenated alkanes) is 9. The highest BCUT2D eigenvalue weighted by Crippen LogP contribution is 2.25. The topological polar surface area (TPSA) is 65.7 Å². The SMILES string of the molecule is CCCCCCCCCCOc1ccc(-c2coc3cc(OC(=O)CCCCC)ccc3c2=O)cc1. The summed E-state index contributed by atoms with van der Waals surface area (Å²) in [5.41, 5.74) is 1.54. The van der Waals surface area contributed by atoms with Crippen LogP contribution in [0.25, 0.3) is 22.1 Å². The fraction of sp³-hybridized carbons (Fsp3) is 0.484. The van der Waals surface area contributed by atoms with Crippen LogP contribution < -0.4 is 14.9 Å². The van der Waals surface area contributed by atoms with E-state index >= 15 is 0 Å². The van der Waals surface area contributed by atoms with E-state index in [0.29, 0.717) is 35.3 Å². The Morgan fingerprint density at radius 1 is 0.778 bits per heavy atom. The second-order valence-electron chi connectivity index (χ2n) is 9.42. The zero-order valence-corrected chi connectivity index (χ0v) is 21.9. The molecule has 5 heteroatoms. The Morgan fingerprint density at radius 3 is 2.14 bits per heavy atom. The smallest absolute Gasteiger partial charge is 0.311 e. The molecule has 3 aromatic rings. The van der Waals surface area contributed by atoms with Crippen molar-refractivity contribution in [2.45, 2.75) is 90.9 Å². The molecule has 3 rings (SSSR count). The van der Waals surface area contributed by atoms with Crippen LogP contribution in [0.3, 0.4) is 0 Å². The van der Waals surface area contributed by atoms with E-state index in [0.717, 1.165) is 37.0 Å². The molecule has 0 N–H and O–H groups in total. The molecule has 0 radical (unpaired) electrons. The van der Waals surface area contributed by atoms with Crippen molar-refractivity contribution in [3.8, 4) is 22.6 Å². The molecule has 0 fully saturated rings. The number of carbonyl (C=O) groups excluding carboxylic acids is 1. The van der Waals surface area contributed by atoms with E-state index in [1.807, 2.05) is 24.3 Å². The van der Waals surface area contributed by atoms with E-state index in [9.17, 15) is 9.59 Å². The Kier molecular flexibility index (Phi) is 11.6. The van der Waals surface area contributed by atoms with Crippen LogP contribution in [-0.2, 0) is 4.79 Å². The van der Waals surface area contributed by atoms with Crippen LogP contribution in [0.4, 0.5) is 0 Å². The molecule has 0 bridgehead atoms. The average molecular weight is 493 g/mol. The number of hydrogen-bond donors (Lipinski definition) is 0. The van der Waals surface area contributed by atoms with Crippen molar-refractivity contribution in [1.82, 2.24) is 0 Å². The lowest BCUT2D eigenvalue weighted by molar-refractivity contribution is -0.134. The second kappa shape index (κ2) is 15.1. The molecule has 36 heavy (non-hydrogen) atoms. The lowest BCUT2D eigenvalue weighted by Gasteiger charge is -2.08. The van der Waals surface area contributed by atoms with Crippen molar-refractivity contribution in [3.05, 3.63) is 59.0 Å². The van der Waals surface area contributed by atoms with Gasteiger partial charge in [-0.3, -0.25) is 9.59 Å². The van der Waals surface area contributed by atoms with Gasteiger partial charge >= 0.3 is 5.97 Å². The summed E-state index contributed by atoms with van der Waals surface area (Å²) in [6, 6.07) is 12.4. The molecule has 0 spiro atoms. The van der Waals surface area contributed by atoms with Gasteiger partial charge in [-0.15, -0.1) is 0 Å². The molecule has 0 amide bonds. The van der Waals surface area contributed by atoms with E-state index in [1.165, 1.54) is 51.2 Å². The van der Waals surface area contributed by atoms with Gasteiger partial charge in [0.1, 0.15) is 23.3 Å². The molecule has 0 atom stereocenters. The van der Waals surface area contributed by atoms with Crippen molar-refractivity contribution in [2.75, 3.05) is 6.61 Å². The van der Waals surface area contributed by atoms with Crippen LogP contribution in [0.15, 0.2) is 57.9 Å². The van der Waals surface area contributed by atoms with Crippen LogP contribution >= 0.6 is 0 Å². The minimum absolute atomic E-state index is 0.121. The lowest BCUT2D eigenvalue weighted by atomic mass is 10.1. The first-order valence-corrected chi connectivity index (χ1v) is 13.6. The average Bonchev–Trinajstić information content (AvgIpc) is 2.88. The van der Waals surface area contributed by atoms with Crippen LogP contribution in [0.5, 0.6) is 11.5 Å². The first-order chi connectivity index (χ1) is 17.6. The van der Waals surface area contributed by atoms with Crippen LogP contribution in [0.1, 0.15) is 90.9 Å². The van der Waals surface area contributed by atoms with E-state index < -0.39 is 0 Å². The zero-order chi connectivity index (χ0) is 25.6. The summed E-state index contributed by atoms with van der Waals surface area (Å²) >= 11 is 0. The van der Waals surface area contributed by atoms with Gasteiger partial charge in [0, 0.05) is 12.5 Å². The van der Waals surface area contributed by atoms with Crippen LogP contribution in [-0.4, -0.2) is 12.6 Å². The predicted octanol–water partition coefficient (Wildman–Crippen LogP) is 8.47. The molecule has 1 heterocycles. The molecule has 0 aliphatic heterocycles. The molecule has 2 aromatic carbocycles. The monoisotopic (exact) mass is 492 g/mol. The van der Waals surface area contributed by atoms with Gasteiger partial charge in [0.15, 0.2) is 5.43 Å². The molecular weight excluding hydrogens is 452 g/mol. The van der Waals surface area contributed by atoms with Gasteiger partial charge in [-0.25, -0.2) is 0 Å². The van der Waals surface area contributed by atoms with Gasteiger partial charge in [-0.1, -0.05) is 83.8 Å². The maximum atomic E-state index is 13.1. The van der Waals surface area contributed by atoms with Gasteiger partial charge < -0.3 is 13.9 Å². The summed E-state index contributed by atoms with van der Waals surface area (Å²) in [5.74, 6) is 0.918. The standard InChI is InChI=1S/C31H40O5/c1-3-5-7-8-9-10-11-13-21-34-25-17-15-24(16-18-25)28-23-35-29-22-26(19-20-27(29)31(28)33)36-30(32)14-12-6-4-2/h15-20,22-23H,3-14,21H2,1-2H3. The lowest BCUT2D eigenvalue weighted by Crippen LogP contribution is -2.08. The maximum absolute atomic E-state index is 13.1. The summed E-state index contributed by atoms with van der Waals surface area (Å²) in [7, 11) is 0. The Balaban J connectivity index is 1.53. The molecular formula is C31H40O5. The summed E-state index contributed by atoms with van der Waals surface area (Å²) in [5, 5.41) is 0.452. The number of carbonyl (C=O) groups is 1. The van der Waals surface area contributed by atoms with Gasteiger partial charge in [-0.05, 0) is 42.7 Å². The molecule has 0 saturated heterocycles. The molecule has 194 valence electrons. The van der Waals surface area contributed by atoms with Crippen molar-refractivity contribution >= 4 is 16.9 Å². The number of benzene rings is 2. The summed E-state index contributed by atoms with van der Waals surface area (Å²) in [4.78, 5) is 25.1. The quantitative estimate of drug-likeness (QED) is 0.114. The van der Waals surface area contributed by atoms with Gasteiger partial charge in [0.05, 0.1) is 17.6 Å². The number of rotatable bonds is 16. The molecule has 1 aromatic heterocycles. The highest BCUT2D eigenvalue weighted by Gasteiger charge is 2.12. The molecule has 0 aliphatic carbocycles. The van der Waals surface area contributed by atoms with E-state index in [-0.39, 0.29) is 11.4 Å². The largest absolute Gasteiger partial charge is 0.494 e. The number of hydrogen-bond acceptors (Lipinski definition) is 5. The van der Waals surface area contributed by atoms with E-state index in [4.69, 9.17) is 13.9 Å². The zero-order valence-electron chi connectivity index (χ0n) is 21.9. The van der Waals surface area contributed by atoms with Crippen molar-refractivity contribution in [2.24, 2.45) is 0 Å². The Hall–Kier alpha value is -3.08. The molecule has 0 saturated carbocycles. The molecule has 0 aliphatic rings. The highest BCUT2D eigenvalue weighted by atomic mass is 16.5. The third kappa shape index (κ3) is 8.54. The maximum Gasteiger partial charge on any atom is 0.311 e. The normalized spacial score (nSPS) is 11.1. The Morgan fingerprint density at radius 2 is 1.42 bits per heavy atom. The number of fused-ring (bicyclic) bond motifs is 1. The fourth-order valence-corrected chi connectivity index (χ4v) is 4.23. The highest BCUT2D eigenvalue weighted by molar-refractivity contribution is 5.83. The fourth-order valence-electron chi connectivity index (χ4n) is 4.23. The van der Waals surface area contributed by atoms with Gasteiger partial charge in [0.25, 0.3) is 0 Å². The van der Waals surface area contributed by atoms with E-state index in [1.54, 1.807) is 18.2 Å². The third-order valence-corrected chi connectivity index (χ3v) is 6.39. The minimum atomic E-state index is -0.272. The van der Waals surface area contributed by atoms with Crippen molar-refractivity contribution < 1.29 is 18.7 Å². The number of ether oxygens (including phenoxy) is 2. The minimum Gasteiger partial charge on any atom is -0.494 e. The summed E-state index contributed by atoms with van der Waals surface area (Å²) in [6.45, 7) is 5.04. The van der Waals surface area contributed by atoms with Gasteiger partial charge in [0.2, 0.25) is 0 Å². The van der Waals surface area contributed by atoms with E-state index in [2.05, 4.69) is 13.8 Å². The van der Waals surface area contributed by atoms with Crippen molar-refractivity contribution in [1.29, 1.82) is 0 Å². The first-order valence-electron chi connectivity index (χ1n) is 13.6. The molecule has 0 unspecified atom stereocenters. The molecule has 5 nitrogen and oxygen atoms in total. The van der Waals surface area contributed by atoms with Crippen LogP contribution in [0, 0.1) is 0 Å².